The van der Waals surface area contributed by atoms with Gasteiger partial charge in [0.25, 0.3) is 0 Å². The molecule has 0 aromatic carbocycles. The van der Waals surface area contributed by atoms with Crippen molar-refractivity contribution >= 4 is 5.97 Å². The van der Waals surface area contributed by atoms with Crippen molar-refractivity contribution in [2.45, 2.75) is 45.6 Å². The van der Waals surface area contributed by atoms with E-state index >= 15 is 0 Å². The van der Waals surface area contributed by atoms with Crippen LogP contribution in [0.3, 0.4) is 0 Å². The average molecular weight is 198 g/mol. The van der Waals surface area contributed by atoms with E-state index < -0.39 is 0 Å². The molecule has 0 unspecified atom stereocenters. The van der Waals surface area contributed by atoms with Crippen LogP contribution in [0.25, 0.3) is 0 Å². The Labute approximate surface area is 85.1 Å². The molecule has 0 fully saturated rings. The van der Waals surface area contributed by atoms with Crippen molar-refractivity contribution in [1.29, 1.82) is 0 Å². The van der Waals surface area contributed by atoms with Crippen molar-refractivity contribution in [1.82, 2.24) is 0 Å². The van der Waals surface area contributed by atoms with E-state index in [0.29, 0.717) is 13.0 Å². The number of unbranched alkanes of at least 4 members (excludes halogenated alkanes) is 1. The van der Waals surface area contributed by atoms with Crippen LogP contribution >= 0.6 is 0 Å². The van der Waals surface area contributed by atoms with E-state index in [9.17, 15) is 4.79 Å². The summed E-state index contributed by atoms with van der Waals surface area (Å²) >= 11 is 0. The van der Waals surface area contributed by atoms with Gasteiger partial charge in [-0.25, -0.2) is 4.79 Å². The van der Waals surface area contributed by atoms with Crippen LogP contribution in [0.2, 0.25) is 0 Å². The smallest absolute Gasteiger partial charge is 0.347 e. The van der Waals surface area contributed by atoms with Crippen molar-refractivity contribution in [2.75, 3.05) is 6.61 Å². The minimum atomic E-state index is -0.387. The van der Waals surface area contributed by atoms with Crippen LogP contribution in [-0.4, -0.2) is 18.7 Å². The van der Waals surface area contributed by atoms with E-state index in [2.05, 4.69) is 6.92 Å². The van der Waals surface area contributed by atoms with E-state index in [1.54, 1.807) is 6.92 Å². The molecule has 0 saturated heterocycles. The Morgan fingerprint density at radius 2 is 2.43 bits per heavy atom. The van der Waals surface area contributed by atoms with Gasteiger partial charge in [0.15, 0.2) is 6.10 Å². The number of allylic oxidation sites excluding steroid dienone is 1. The summed E-state index contributed by atoms with van der Waals surface area (Å²) in [7, 11) is 0. The summed E-state index contributed by atoms with van der Waals surface area (Å²) < 4.78 is 10.3. The summed E-state index contributed by atoms with van der Waals surface area (Å²) in [4.78, 5) is 11.3. The molecule has 80 valence electrons. The van der Waals surface area contributed by atoms with E-state index in [-0.39, 0.29) is 12.1 Å². The standard InChI is InChI=1S/C11H18O3/c1-3-5-6-9-7-8-10(14-9)11(12)13-4-2/h7,10H,3-6,8H2,1-2H3/t10-/m1/s1. The quantitative estimate of drug-likeness (QED) is 0.636. The van der Waals surface area contributed by atoms with Crippen molar-refractivity contribution < 1.29 is 14.3 Å². The Hall–Kier alpha value is -0.990. The molecule has 0 amide bonds. The van der Waals surface area contributed by atoms with Gasteiger partial charge in [-0.3, -0.25) is 0 Å². The molecule has 3 heteroatoms. The van der Waals surface area contributed by atoms with E-state index in [1.165, 1.54) is 0 Å². The second kappa shape index (κ2) is 5.68. The number of esters is 1. The fourth-order valence-corrected chi connectivity index (χ4v) is 1.41. The van der Waals surface area contributed by atoms with E-state index in [1.807, 2.05) is 6.08 Å². The van der Waals surface area contributed by atoms with Crippen LogP contribution in [0.4, 0.5) is 0 Å². The molecule has 3 nitrogen and oxygen atoms in total. The number of hydrogen-bond donors (Lipinski definition) is 0. The Balaban J connectivity index is 2.27. The third-order valence-corrected chi connectivity index (χ3v) is 2.18. The molecular weight excluding hydrogens is 180 g/mol. The van der Waals surface area contributed by atoms with Crippen molar-refractivity contribution in [3.63, 3.8) is 0 Å². The highest BCUT2D eigenvalue weighted by Gasteiger charge is 2.25. The zero-order valence-corrected chi connectivity index (χ0v) is 8.91. The highest BCUT2D eigenvalue weighted by atomic mass is 16.6. The first-order chi connectivity index (χ1) is 6.77. The number of ether oxygens (including phenoxy) is 2. The van der Waals surface area contributed by atoms with Crippen LogP contribution in [0, 0.1) is 0 Å². The molecule has 0 aliphatic carbocycles. The second-order valence-electron chi connectivity index (χ2n) is 3.37. The Kier molecular flexibility index (Phi) is 4.50. The average Bonchev–Trinajstić information content (AvgIpc) is 2.63. The number of carbonyl (C=O) groups is 1. The fourth-order valence-electron chi connectivity index (χ4n) is 1.41. The molecule has 0 aromatic heterocycles. The van der Waals surface area contributed by atoms with Crippen molar-refractivity contribution in [3.05, 3.63) is 11.8 Å². The molecule has 0 N–H and O–H groups in total. The lowest BCUT2D eigenvalue weighted by Gasteiger charge is -2.11. The SMILES string of the molecule is CCCCC1=CC[C@H](C(=O)OCC)O1. The summed E-state index contributed by atoms with van der Waals surface area (Å²) in [6.07, 6.45) is 5.47. The maximum atomic E-state index is 11.3. The molecule has 1 aliphatic heterocycles. The summed E-state index contributed by atoms with van der Waals surface area (Å²) in [6.45, 7) is 4.36. The van der Waals surface area contributed by atoms with Gasteiger partial charge in [-0.1, -0.05) is 13.3 Å². The van der Waals surface area contributed by atoms with Gasteiger partial charge in [0.05, 0.1) is 12.4 Å². The summed E-state index contributed by atoms with van der Waals surface area (Å²) in [5.41, 5.74) is 0. The van der Waals surface area contributed by atoms with Crippen LogP contribution in [0.15, 0.2) is 11.8 Å². The molecular formula is C11H18O3. The minimum absolute atomic E-state index is 0.241. The molecule has 14 heavy (non-hydrogen) atoms. The highest BCUT2D eigenvalue weighted by Crippen LogP contribution is 2.22. The van der Waals surface area contributed by atoms with E-state index in [0.717, 1.165) is 25.0 Å². The van der Waals surface area contributed by atoms with Gasteiger partial charge in [0.1, 0.15) is 0 Å². The molecule has 0 radical (unpaired) electrons. The van der Waals surface area contributed by atoms with Gasteiger partial charge in [-0.15, -0.1) is 0 Å². The molecule has 1 aliphatic rings. The molecule has 0 bridgehead atoms. The van der Waals surface area contributed by atoms with Crippen LogP contribution < -0.4 is 0 Å². The number of carbonyl (C=O) groups excluding carboxylic acids is 1. The van der Waals surface area contributed by atoms with Gasteiger partial charge in [0, 0.05) is 12.8 Å². The first kappa shape index (κ1) is 11.1. The van der Waals surface area contributed by atoms with Crippen LogP contribution in [-0.2, 0) is 14.3 Å². The fraction of sp³-hybridized carbons (Fsp3) is 0.727. The third kappa shape index (κ3) is 3.05. The molecule has 1 heterocycles. The van der Waals surface area contributed by atoms with Gasteiger partial charge in [-0.05, 0) is 19.4 Å². The Bertz CT molecular complexity index is 221. The molecule has 0 aromatic rings. The zero-order chi connectivity index (χ0) is 10.4. The highest BCUT2D eigenvalue weighted by molar-refractivity contribution is 5.75. The summed E-state index contributed by atoms with van der Waals surface area (Å²) in [5, 5.41) is 0. The first-order valence-electron chi connectivity index (χ1n) is 5.30. The lowest BCUT2D eigenvalue weighted by Crippen LogP contribution is -2.22. The number of hydrogen-bond acceptors (Lipinski definition) is 3. The lowest BCUT2D eigenvalue weighted by molar-refractivity contribution is -0.153. The minimum Gasteiger partial charge on any atom is -0.483 e. The largest absolute Gasteiger partial charge is 0.483 e. The van der Waals surface area contributed by atoms with Crippen LogP contribution in [0.5, 0.6) is 0 Å². The van der Waals surface area contributed by atoms with Gasteiger partial charge in [-0.2, -0.15) is 0 Å². The normalized spacial score (nSPS) is 20.1. The molecule has 0 saturated carbocycles. The first-order valence-corrected chi connectivity index (χ1v) is 5.30. The van der Waals surface area contributed by atoms with Gasteiger partial charge < -0.3 is 9.47 Å². The topological polar surface area (TPSA) is 35.5 Å². The zero-order valence-electron chi connectivity index (χ0n) is 8.91. The Morgan fingerprint density at radius 3 is 3.07 bits per heavy atom. The molecule has 1 rings (SSSR count). The van der Waals surface area contributed by atoms with Crippen LogP contribution in [0.1, 0.15) is 39.5 Å². The monoisotopic (exact) mass is 198 g/mol. The predicted molar refractivity (Wildman–Crippen MR) is 53.7 cm³/mol. The van der Waals surface area contributed by atoms with Gasteiger partial charge >= 0.3 is 5.97 Å². The number of rotatable bonds is 5. The molecule has 0 spiro atoms. The van der Waals surface area contributed by atoms with Gasteiger partial charge in [0.2, 0.25) is 0 Å². The summed E-state index contributed by atoms with van der Waals surface area (Å²) in [6, 6.07) is 0. The lowest BCUT2D eigenvalue weighted by atomic mass is 10.2. The second-order valence-corrected chi connectivity index (χ2v) is 3.37. The van der Waals surface area contributed by atoms with Crippen molar-refractivity contribution in [2.24, 2.45) is 0 Å². The van der Waals surface area contributed by atoms with E-state index in [4.69, 9.17) is 9.47 Å². The maximum absolute atomic E-state index is 11.3. The van der Waals surface area contributed by atoms with Crippen molar-refractivity contribution in [3.8, 4) is 0 Å². The predicted octanol–water partition coefficient (Wildman–Crippen LogP) is 2.41. The molecule has 1 atom stereocenters. The Morgan fingerprint density at radius 1 is 1.64 bits per heavy atom. The summed E-state index contributed by atoms with van der Waals surface area (Å²) in [5.74, 6) is 0.708. The third-order valence-electron chi connectivity index (χ3n) is 2.18. The maximum Gasteiger partial charge on any atom is 0.347 e.